The highest BCUT2D eigenvalue weighted by molar-refractivity contribution is 14.0. The van der Waals surface area contributed by atoms with Crippen molar-refractivity contribution in [1.29, 1.82) is 0 Å². The van der Waals surface area contributed by atoms with E-state index in [-0.39, 0.29) is 29.9 Å². The SMILES string of the molecule is CCCNC(=O)CN1CCC(NC(=NC)NCCC2CC2)CC1.I. The Morgan fingerprint density at radius 1 is 1.12 bits per heavy atom. The van der Waals surface area contributed by atoms with Gasteiger partial charge in [-0.1, -0.05) is 19.8 Å². The molecular weight excluding hydrogens is 417 g/mol. The van der Waals surface area contributed by atoms with Crippen molar-refractivity contribution in [3.05, 3.63) is 0 Å². The van der Waals surface area contributed by atoms with Gasteiger partial charge >= 0.3 is 0 Å². The summed E-state index contributed by atoms with van der Waals surface area (Å²) in [4.78, 5) is 18.3. The van der Waals surface area contributed by atoms with E-state index < -0.39 is 0 Å². The number of rotatable bonds is 8. The Morgan fingerprint density at radius 3 is 2.42 bits per heavy atom. The van der Waals surface area contributed by atoms with Crippen molar-refractivity contribution in [1.82, 2.24) is 20.9 Å². The van der Waals surface area contributed by atoms with Gasteiger partial charge in [0.25, 0.3) is 0 Å². The smallest absolute Gasteiger partial charge is 0.234 e. The van der Waals surface area contributed by atoms with E-state index in [2.05, 4.69) is 32.8 Å². The quantitative estimate of drug-likeness (QED) is 0.298. The molecule has 0 radical (unpaired) electrons. The Morgan fingerprint density at radius 2 is 1.83 bits per heavy atom. The molecule has 7 heteroatoms. The molecule has 0 bridgehead atoms. The van der Waals surface area contributed by atoms with Crippen molar-refractivity contribution in [2.24, 2.45) is 10.9 Å². The Bertz CT molecular complexity index is 392. The van der Waals surface area contributed by atoms with Crippen LogP contribution in [0.5, 0.6) is 0 Å². The maximum Gasteiger partial charge on any atom is 0.234 e. The van der Waals surface area contributed by atoms with E-state index in [1.807, 2.05) is 7.05 Å². The lowest BCUT2D eigenvalue weighted by Crippen LogP contribution is -2.50. The second-order valence-corrected chi connectivity index (χ2v) is 6.78. The zero-order valence-corrected chi connectivity index (χ0v) is 17.5. The van der Waals surface area contributed by atoms with Crippen LogP contribution in [-0.4, -0.2) is 62.6 Å². The summed E-state index contributed by atoms with van der Waals surface area (Å²) in [6, 6.07) is 0.456. The Balaban J connectivity index is 0.00000288. The number of guanidine groups is 1. The van der Waals surface area contributed by atoms with Crippen LogP contribution in [0.15, 0.2) is 4.99 Å². The first kappa shape index (κ1) is 21.5. The van der Waals surface area contributed by atoms with E-state index in [0.717, 1.165) is 57.3 Å². The van der Waals surface area contributed by atoms with Crippen LogP contribution >= 0.6 is 24.0 Å². The van der Waals surface area contributed by atoms with E-state index in [4.69, 9.17) is 0 Å². The van der Waals surface area contributed by atoms with Crippen LogP contribution < -0.4 is 16.0 Å². The van der Waals surface area contributed by atoms with Crippen molar-refractivity contribution in [2.45, 2.75) is 51.5 Å². The van der Waals surface area contributed by atoms with Crippen LogP contribution in [0.2, 0.25) is 0 Å². The standard InChI is InChI=1S/C17H33N5O.HI/c1-3-9-19-16(23)13-22-11-7-15(8-12-22)21-17(18-2)20-10-6-14-4-5-14;/h14-15H,3-13H2,1-2H3,(H,19,23)(H2,18,20,21);1H. The normalized spacial score (nSPS) is 19.5. The lowest BCUT2D eigenvalue weighted by molar-refractivity contribution is -0.122. The van der Waals surface area contributed by atoms with Crippen molar-refractivity contribution >= 4 is 35.8 Å². The third-order valence-corrected chi connectivity index (χ3v) is 4.63. The average Bonchev–Trinajstić information content (AvgIpc) is 3.38. The van der Waals surface area contributed by atoms with Gasteiger partial charge < -0.3 is 16.0 Å². The number of nitrogens with one attached hydrogen (secondary N) is 3. The number of aliphatic imine (C=N–C) groups is 1. The van der Waals surface area contributed by atoms with Gasteiger partial charge in [-0.3, -0.25) is 14.7 Å². The molecule has 1 heterocycles. The monoisotopic (exact) mass is 451 g/mol. The van der Waals surface area contributed by atoms with Gasteiger partial charge in [-0.2, -0.15) is 0 Å². The molecule has 3 N–H and O–H groups in total. The molecule has 0 aromatic carbocycles. The molecule has 1 amide bonds. The highest BCUT2D eigenvalue weighted by atomic mass is 127. The number of carbonyl (C=O) groups is 1. The van der Waals surface area contributed by atoms with Crippen molar-refractivity contribution in [3.8, 4) is 0 Å². The van der Waals surface area contributed by atoms with Gasteiger partial charge in [0.15, 0.2) is 5.96 Å². The van der Waals surface area contributed by atoms with Crippen LogP contribution in [0.4, 0.5) is 0 Å². The second-order valence-electron chi connectivity index (χ2n) is 6.78. The Labute approximate surface area is 163 Å². The molecule has 24 heavy (non-hydrogen) atoms. The first-order chi connectivity index (χ1) is 11.2. The number of carbonyl (C=O) groups excluding carboxylic acids is 1. The van der Waals surface area contributed by atoms with Gasteiger partial charge in [0.1, 0.15) is 0 Å². The fourth-order valence-electron chi connectivity index (χ4n) is 2.95. The number of piperidine rings is 1. The van der Waals surface area contributed by atoms with Crippen LogP contribution in [-0.2, 0) is 4.79 Å². The van der Waals surface area contributed by atoms with E-state index in [0.29, 0.717) is 12.6 Å². The summed E-state index contributed by atoms with van der Waals surface area (Å²) in [6.07, 6.45) is 7.17. The third kappa shape index (κ3) is 8.50. The molecule has 140 valence electrons. The van der Waals surface area contributed by atoms with Crippen LogP contribution in [0.3, 0.4) is 0 Å². The van der Waals surface area contributed by atoms with E-state index in [9.17, 15) is 4.79 Å². The zero-order chi connectivity index (χ0) is 16.5. The van der Waals surface area contributed by atoms with Crippen molar-refractivity contribution in [2.75, 3.05) is 39.8 Å². The third-order valence-electron chi connectivity index (χ3n) is 4.63. The summed E-state index contributed by atoms with van der Waals surface area (Å²) in [7, 11) is 1.83. The predicted molar refractivity (Wildman–Crippen MR) is 110 cm³/mol. The molecule has 2 aliphatic rings. The van der Waals surface area contributed by atoms with E-state index in [1.54, 1.807) is 0 Å². The van der Waals surface area contributed by atoms with Crippen LogP contribution in [0.1, 0.15) is 45.4 Å². The van der Waals surface area contributed by atoms with Crippen LogP contribution in [0.25, 0.3) is 0 Å². The molecule has 0 spiro atoms. The van der Waals surface area contributed by atoms with Gasteiger partial charge in [0, 0.05) is 39.3 Å². The molecule has 1 aliphatic heterocycles. The first-order valence-electron chi connectivity index (χ1n) is 9.17. The minimum Gasteiger partial charge on any atom is -0.356 e. The maximum atomic E-state index is 11.8. The molecule has 1 aliphatic carbocycles. The molecule has 6 nitrogen and oxygen atoms in total. The average molecular weight is 451 g/mol. The molecular formula is C17H34IN5O. The molecule has 2 rings (SSSR count). The largest absolute Gasteiger partial charge is 0.356 e. The molecule has 0 unspecified atom stereocenters. The fraction of sp³-hybridized carbons (Fsp3) is 0.882. The lowest BCUT2D eigenvalue weighted by atomic mass is 10.1. The Kier molecular flexibility index (Phi) is 10.6. The molecule has 0 aromatic heterocycles. The maximum absolute atomic E-state index is 11.8. The number of hydrogen-bond acceptors (Lipinski definition) is 3. The molecule has 2 fully saturated rings. The highest BCUT2D eigenvalue weighted by Gasteiger charge is 2.22. The fourth-order valence-corrected chi connectivity index (χ4v) is 2.95. The first-order valence-corrected chi connectivity index (χ1v) is 9.17. The van der Waals surface area contributed by atoms with Crippen molar-refractivity contribution < 1.29 is 4.79 Å². The lowest BCUT2D eigenvalue weighted by Gasteiger charge is -2.32. The highest BCUT2D eigenvalue weighted by Crippen LogP contribution is 2.31. The molecule has 1 saturated carbocycles. The van der Waals surface area contributed by atoms with Crippen molar-refractivity contribution in [3.63, 3.8) is 0 Å². The topological polar surface area (TPSA) is 68.8 Å². The predicted octanol–water partition coefficient (Wildman–Crippen LogP) is 1.56. The number of amides is 1. The van der Waals surface area contributed by atoms with Gasteiger partial charge in [0.05, 0.1) is 6.54 Å². The summed E-state index contributed by atoms with van der Waals surface area (Å²) in [5, 5.41) is 9.88. The summed E-state index contributed by atoms with van der Waals surface area (Å²) in [5.41, 5.74) is 0. The van der Waals surface area contributed by atoms with Crippen LogP contribution in [0, 0.1) is 5.92 Å². The summed E-state index contributed by atoms with van der Waals surface area (Å²) in [6.45, 7) is 6.33. The second kappa shape index (κ2) is 11.9. The summed E-state index contributed by atoms with van der Waals surface area (Å²) in [5.74, 6) is 2.02. The van der Waals surface area contributed by atoms with Gasteiger partial charge in [-0.15, -0.1) is 24.0 Å². The van der Waals surface area contributed by atoms with E-state index >= 15 is 0 Å². The Hall–Kier alpha value is -0.570. The molecule has 0 atom stereocenters. The van der Waals surface area contributed by atoms with Gasteiger partial charge in [-0.25, -0.2) is 0 Å². The minimum atomic E-state index is 0. The molecule has 0 aromatic rings. The minimum absolute atomic E-state index is 0. The number of halogens is 1. The summed E-state index contributed by atoms with van der Waals surface area (Å²) >= 11 is 0. The summed E-state index contributed by atoms with van der Waals surface area (Å²) < 4.78 is 0. The number of likely N-dealkylation sites (tertiary alicyclic amines) is 1. The van der Waals surface area contributed by atoms with E-state index in [1.165, 1.54) is 19.3 Å². The number of hydrogen-bond donors (Lipinski definition) is 3. The zero-order valence-electron chi connectivity index (χ0n) is 15.1. The van der Waals surface area contributed by atoms with Gasteiger partial charge in [0.2, 0.25) is 5.91 Å². The molecule has 1 saturated heterocycles. The number of nitrogens with zero attached hydrogens (tertiary/aromatic N) is 2. The van der Waals surface area contributed by atoms with Gasteiger partial charge in [-0.05, 0) is 31.6 Å².